The third-order valence-corrected chi connectivity index (χ3v) is 6.59. The number of hydrogen-bond donors (Lipinski definition) is 2. The van der Waals surface area contributed by atoms with Crippen LogP contribution >= 0.6 is 0 Å². The van der Waals surface area contributed by atoms with Crippen LogP contribution in [0.4, 0.5) is 5.82 Å². The molecule has 1 amide bonds. The maximum absolute atomic E-state index is 12.2. The number of nitrogens with zero attached hydrogens (tertiary/aromatic N) is 3. The van der Waals surface area contributed by atoms with Crippen molar-refractivity contribution in [1.29, 1.82) is 0 Å². The van der Waals surface area contributed by atoms with E-state index in [4.69, 9.17) is 0 Å². The molecule has 0 aromatic carbocycles. The molecule has 9 heteroatoms. The SMILES string of the molecule is CN(C)S(=O)(=O)C[C@@H]1CN(c2cc(C(=O)NC3CC3)ccn2)C[C@H]1O. The number of rotatable bonds is 6. The number of aliphatic hydroxyl groups is 1. The minimum atomic E-state index is -3.39. The van der Waals surface area contributed by atoms with Gasteiger partial charge in [-0.3, -0.25) is 4.79 Å². The fourth-order valence-corrected chi connectivity index (χ4v) is 4.02. The van der Waals surface area contributed by atoms with Crippen LogP contribution in [0.25, 0.3) is 0 Å². The molecule has 1 aromatic heterocycles. The highest BCUT2D eigenvalue weighted by atomic mass is 32.2. The molecule has 2 heterocycles. The molecule has 0 spiro atoms. The van der Waals surface area contributed by atoms with Crippen LogP contribution in [0.1, 0.15) is 23.2 Å². The summed E-state index contributed by atoms with van der Waals surface area (Å²) in [6.07, 6.45) is 2.85. The van der Waals surface area contributed by atoms with Gasteiger partial charge in [-0.2, -0.15) is 0 Å². The van der Waals surface area contributed by atoms with Gasteiger partial charge in [0.25, 0.3) is 5.91 Å². The van der Waals surface area contributed by atoms with Gasteiger partial charge >= 0.3 is 0 Å². The first-order valence-corrected chi connectivity index (χ1v) is 9.97. The average Bonchev–Trinajstić information content (AvgIpc) is 3.30. The molecule has 1 saturated carbocycles. The number of pyridine rings is 1. The van der Waals surface area contributed by atoms with Gasteiger partial charge in [-0.25, -0.2) is 17.7 Å². The van der Waals surface area contributed by atoms with Crippen molar-refractivity contribution in [2.24, 2.45) is 5.92 Å². The first kappa shape index (κ1) is 18.1. The number of aromatic nitrogens is 1. The van der Waals surface area contributed by atoms with Crippen LogP contribution in [0.3, 0.4) is 0 Å². The number of carbonyl (C=O) groups excluding carboxylic acids is 1. The summed E-state index contributed by atoms with van der Waals surface area (Å²) >= 11 is 0. The molecule has 8 nitrogen and oxygen atoms in total. The summed E-state index contributed by atoms with van der Waals surface area (Å²) in [5, 5.41) is 13.2. The highest BCUT2D eigenvalue weighted by Gasteiger charge is 2.36. The normalized spacial score (nSPS) is 23.9. The van der Waals surface area contributed by atoms with E-state index in [-0.39, 0.29) is 17.7 Å². The maximum atomic E-state index is 12.2. The zero-order valence-corrected chi connectivity index (χ0v) is 15.2. The van der Waals surface area contributed by atoms with Crippen LogP contribution < -0.4 is 10.2 Å². The summed E-state index contributed by atoms with van der Waals surface area (Å²) in [6.45, 7) is 0.684. The van der Waals surface area contributed by atoms with Gasteiger partial charge in [0.2, 0.25) is 10.0 Å². The average molecular weight is 368 g/mol. The molecular weight excluding hydrogens is 344 g/mol. The van der Waals surface area contributed by atoms with Crippen molar-refractivity contribution in [3.8, 4) is 0 Å². The van der Waals surface area contributed by atoms with Crippen LogP contribution in [-0.4, -0.2) is 73.8 Å². The van der Waals surface area contributed by atoms with Crippen molar-refractivity contribution >= 4 is 21.7 Å². The second kappa shape index (κ2) is 6.89. The number of β-amino-alcohol motifs (C(OH)–C–C–N with tert-alkyl or cyclic N) is 1. The van der Waals surface area contributed by atoms with Crippen LogP contribution in [0, 0.1) is 5.92 Å². The van der Waals surface area contributed by atoms with E-state index in [1.54, 1.807) is 18.3 Å². The lowest BCUT2D eigenvalue weighted by Gasteiger charge is -2.19. The molecule has 2 fully saturated rings. The molecule has 2 aliphatic rings. The van der Waals surface area contributed by atoms with Gasteiger partial charge in [0.1, 0.15) is 5.82 Å². The molecule has 0 unspecified atom stereocenters. The van der Waals surface area contributed by atoms with Gasteiger partial charge in [-0.1, -0.05) is 0 Å². The van der Waals surface area contributed by atoms with Gasteiger partial charge in [-0.05, 0) is 25.0 Å². The largest absolute Gasteiger partial charge is 0.391 e. The standard InChI is InChI=1S/C16H24N4O4S/c1-19(2)25(23,24)10-12-8-20(9-14(12)21)15-7-11(5-6-17-15)16(22)18-13-3-4-13/h5-7,12-14,21H,3-4,8-10H2,1-2H3,(H,18,22)/t12-,14+/m0/s1. The molecule has 1 aliphatic heterocycles. The quantitative estimate of drug-likeness (QED) is 0.712. The van der Waals surface area contributed by atoms with Crippen molar-refractivity contribution in [2.75, 3.05) is 37.8 Å². The molecule has 138 valence electrons. The number of amides is 1. The lowest BCUT2D eigenvalue weighted by atomic mass is 10.1. The van der Waals surface area contributed by atoms with Crippen molar-refractivity contribution in [3.63, 3.8) is 0 Å². The lowest BCUT2D eigenvalue weighted by molar-refractivity contribution is 0.0951. The summed E-state index contributed by atoms with van der Waals surface area (Å²) < 4.78 is 25.3. The van der Waals surface area contributed by atoms with E-state index in [2.05, 4.69) is 10.3 Å². The minimum Gasteiger partial charge on any atom is -0.391 e. The highest BCUT2D eigenvalue weighted by Crippen LogP contribution is 2.25. The fraction of sp³-hybridized carbons (Fsp3) is 0.625. The Bertz CT molecular complexity index is 748. The summed E-state index contributed by atoms with van der Waals surface area (Å²) in [4.78, 5) is 18.3. The second-order valence-corrected chi connectivity index (χ2v) is 9.17. The van der Waals surface area contributed by atoms with Crippen molar-refractivity contribution in [2.45, 2.75) is 25.0 Å². The minimum absolute atomic E-state index is 0.112. The molecule has 25 heavy (non-hydrogen) atoms. The summed E-state index contributed by atoms with van der Waals surface area (Å²) in [7, 11) is -0.418. The summed E-state index contributed by atoms with van der Waals surface area (Å²) in [5.41, 5.74) is 0.524. The molecule has 2 N–H and O–H groups in total. The fourth-order valence-electron chi connectivity index (χ4n) is 2.85. The Balaban J connectivity index is 1.69. The number of anilines is 1. The van der Waals surface area contributed by atoms with E-state index < -0.39 is 22.0 Å². The van der Waals surface area contributed by atoms with Crippen molar-refractivity contribution < 1.29 is 18.3 Å². The van der Waals surface area contributed by atoms with E-state index in [0.29, 0.717) is 24.5 Å². The summed E-state index contributed by atoms with van der Waals surface area (Å²) in [6, 6.07) is 3.62. The molecule has 3 rings (SSSR count). The van der Waals surface area contributed by atoms with Gasteiger partial charge < -0.3 is 15.3 Å². The smallest absolute Gasteiger partial charge is 0.251 e. The monoisotopic (exact) mass is 368 g/mol. The number of carbonyl (C=O) groups is 1. The second-order valence-electron chi connectivity index (χ2n) is 6.94. The topological polar surface area (TPSA) is 103 Å². The van der Waals surface area contributed by atoms with Gasteiger partial charge in [0, 0.05) is 50.9 Å². The third kappa shape index (κ3) is 4.28. The van der Waals surface area contributed by atoms with Crippen molar-refractivity contribution in [1.82, 2.24) is 14.6 Å². The Kier molecular flexibility index (Phi) is 4.99. The molecular formula is C16H24N4O4S. The zero-order chi connectivity index (χ0) is 18.2. The number of hydrogen-bond acceptors (Lipinski definition) is 6. The van der Waals surface area contributed by atoms with Crippen LogP contribution in [0.15, 0.2) is 18.3 Å². The van der Waals surface area contributed by atoms with E-state index in [1.165, 1.54) is 18.4 Å². The molecule has 1 aromatic rings. The Hall–Kier alpha value is -1.71. The molecule has 0 bridgehead atoms. The van der Waals surface area contributed by atoms with Crippen LogP contribution in [0.2, 0.25) is 0 Å². The third-order valence-electron chi connectivity index (χ3n) is 4.63. The van der Waals surface area contributed by atoms with Crippen molar-refractivity contribution in [3.05, 3.63) is 23.9 Å². The number of nitrogens with one attached hydrogen (secondary N) is 1. The van der Waals surface area contributed by atoms with E-state index in [9.17, 15) is 18.3 Å². The Morgan fingerprint density at radius 2 is 2.12 bits per heavy atom. The first-order chi connectivity index (χ1) is 11.8. The number of sulfonamides is 1. The predicted molar refractivity (Wildman–Crippen MR) is 93.9 cm³/mol. The lowest BCUT2D eigenvalue weighted by Crippen LogP contribution is -2.33. The zero-order valence-electron chi connectivity index (χ0n) is 14.4. The number of aliphatic hydroxyl groups excluding tert-OH is 1. The molecule has 1 saturated heterocycles. The van der Waals surface area contributed by atoms with Gasteiger partial charge in [0.05, 0.1) is 11.9 Å². The molecule has 0 radical (unpaired) electrons. The first-order valence-electron chi connectivity index (χ1n) is 8.36. The maximum Gasteiger partial charge on any atom is 0.251 e. The van der Waals surface area contributed by atoms with Crippen LogP contribution in [0.5, 0.6) is 0 Å². The highest BCUT2D eigenvalue weighted by molar-refractivity contribution is 7.89. The Labute approximate surface area is 147 Å². The Morgan fingerprint density at radius 1 is 1.40 bits per heavy atom. The van der Waals surface area contributed by atoms with E-state index in [0.717, 1.165) is 12.8 Å². The Morgan fingerprint density at radius 3 is 2.76 bits per heavy atom. The van der Waals surface area contributed by atoms with Gasteiger partial charge in [0.15, 0.2) is 0 Å². The van der Waals surface area contributed by atoms with Gasteiger partial charge in [-0.15, -0.1) is 0 Å². The molecule has 2 atom stereocenters. The predicted octanol–water partition coefficient (Wildman–Crippen LogP) is -0.338. The van der Waals surface area contributed by atoms with E-state index >= 15 is 0 Å². The van der Waals surface area contributed by atoms with Crippen LogP contribution in [-0.2, 0) is 10.0 Å². The molecule has 1 aliphatic carbocycles. The van der Waals surface area contributed by atoms with E-state index in [1.807, 2.05) is 4.90 Å². The summed E-state index contributed by atoms with van der Waals surface area (Å²) in [5.74, 6) is -0.0532.